The van der Waals surface area contributed by atoms with Crippen molar-refractivity contribution in [2.24, 2.45) is 0 Å². The van der Waals surface area contributed by atoms with Gasteiger partial charge in [-0.3, -0.25) is 4.79 Å². The smallest absolute Gasteiger partial charge is 0.163 e. The molecule has 4 heteroatoms. The molecule has 0 heterocycles. The number of carbonyl (C=O) groups excluding carboxylic acids is 2. The highest BCUT2D eigenvalue weighted by Gasteiger charge is 2.12. The summed E-state index contributed by atoms with van der Waals surface area (Å²) >= 11 is 0. The van der Waals surface area contributed by atoms with E-state index >= 15 is 0 Å². The molecular formula is C15H20O4. The fraction of sp³-hybridized carbons (Fsp3) is 0.467. The van der Waals surface area contributed by atoms with Crippen molar-refractivity contribution in [3.63, 3.8) is 0 Å². The van der Waals surface area contributed by atoms with Crippen molar-refractivity contribution in [1.82, 2.24) is 0 Å². The van der Waals surface area contributed by atoms with Crippen LogP contribution in [0.4, 0.5) is 0 Å². The lowest BCUT2D eigenvalue weighted by molar-refractivity contribution is -0.116. The molecule has 0 aromatic heterocycles. The molecular weight excluding hydrogens is 244 g/mol. The van der Waals surface area contributed by atoms with Gasteiger partial charge in [-0.2, -0.15) is 0 Å². The maximum atomic E-state index is 11.9. The van der Waals surface area contributed by atoms with E-state index < -0.39 is 0 Å². The fourth-order valence-corrected chi connectivity index (χ4v) is 1.66. The Bertz CT molecular complexity index is 451. The van der Waals surface area contributed by atoms with Crippen molar-refractivity contribution in [2.45, 2.75) is 33.6 Å². The molecule has 1 rings (SSSR count). The molecule has 19 heavy (non-hydrogen) atoms. The minimum atomic E-state index is -0.0563. The Morgan fingerprint density at radius 1 is 1.00 bits per heavy atom. The van der Waals surface area contributed by atoms with Gasteiger partial charge in [0.15, 0.2) is 17.3 Å². The van der Waals surface area contributed by atoms with E-state index in [1.165, 1.54) is 6.92 Å². The molecule has 4 nitrogen and oxygen atoms in total. The van der Waals surface area contributed by atoms with Gasteiger partial charge in [0.25, 0.3) is 0 Å². The molecule has 0 atom stereocenters. The van der Waals surface area contributed by atoms with Gasteiger partial charge in [-0.15, -0.1) is 0 Å². The number of hydrogen-bond donors (Lipinski definition) is 0. The lowest BCUT2D eigenvalue weighted by Gasteiger charge is -2.11. The average molecular weight is 264 g/mol. The average Bonchev–Trinajstić information content (AvgIpc) is 2.38. The van der Waals surface area contributed by atoms with E-state index in [-0.39, 0.29) is 24.4 Å². The molecule has 0 aliphatic rings. The van der Waals surface area contributed by atoms with E-state index in [1.807, 2.05) is 13.8 Å². The van der Waals surface area contributed by atoms with Crippen LogP contribution in [-0.4, -0.2) is 24.8 Å². The number of rotatable bonds is 8. The van der Waals surface area contributed by atoms with Crippen LogP contribution in [0.1, 0.15) is 44.0 Å². The maximum Gasteiger partial charge on any atom is 0.163 e. The van der Waals surface area contributed by atoms with Gasteiger partial charge < -0.3 is 14.3 Å². The predicted octanol–water partition coefficient (Wildman–Crippen LogP) is 3.04. The summed E-state index contributed by atoms with van der Waals surface area (Å²) in [4.78, 5) is 22.8. The van der Waals surface area contributed by atoms with E-state index in [0.717, 1.165) is 0 Å². The number of Topliss-reactive ketones (excluding diaryl/α,β-unsaturated/α-hetero) is 2. The molecule has 104 valence electrons. The van der Waals surface area contributed by atoms with Gasteiger partial charge in [-0.1, -0.05) is 0 Å². The van der Waals surface area contributed by atoms with Crippen molar-refractivity contribution >= 4 is 11.6 Å². The van der Waals surface area contributed by atoms with Gasteiger partial charge in [-0.25, -0.2) is 0 Å². The first-order chi connectivity index (χ1) is 9.08. The lowest BCUT2D eigenvalue weighted by atomic mass is 10.0. The Morgan fingerprint density at radius 2 is 1.63 bits per heavy atom. The predicted molar refractivity (Wildman–Crippen MR) is 73.0 cm³/mol. The molecule has 0 saturated carbocycles. The molecule has 1 aromatic rings. The Kier molecular flexibility index (Phi) is 6.06. The zero-order valence-electron chi connectivity index (χ0n) is 11.7. The zero-order chi connectivity index (χ0) is 14.3. The summed E-state index contributed by atoms with van der Waals surface area (Å²) in [7, 11) is 0. The molecule has 0 saturated heterocycles. The van der Waals surface area contributed by atoms with Crippen molar-refractivity contribution in [3.05, 3.63) is 23.8 Å². The first kappa shape index (κ1) is 15.2. The first-order valence-electron chi connectivity index (χ1n) is 6.50. The quantitative estimate of drug-likeness (QED) is 0.677. The largest absolute Gasteiger partial charge is 0.490 e. The molecule has 1 aromatic carbocycles. The minimum absolute atomic E-state index is 0.0179. The molecule has 0 N–H and O–H groups in total. The van der Waals surface area contributed by atoms with Crippen LogP contribution in [0, 0.1) is 0 Å². The molecule has 0 bridgehead atoms. The van der Waals surface area contributed by atoms with Gasteiger partial charge in [0.2, 0.25) is 0 Å². The Hall–Kier alpha value is -1.84. The molecule has 0 aliphatic carbocycles. The van der Waals surface area contributed by atoms with Crippen LogP contribution in [-0.2, 0) is 4.79 Å². The van der Waals surface area contributed by atoms with Crippen LogP contribution in [0.5, 0.6) is 11.5 Å². The number of ketones is 2. The second-order valence-electron chi connectivity index (χ2n) is 4.15. The summed E-state index contributed by atoms with van der Waals surface area (Å²) in [5.41, 5.74) is 0.549. The van der Waals surface area contributed by atoms with Gasteiger partial charge in [0.1, 0.15) is 5.78 Å². The minimum Gasteiger partial charge on any atom is -0.490 e. The van der Waals surface area contributed by atoms with E-state index in [1.54, 1.807) is 18.2 Å². The molecule has 0 spiro atoms. The molecule has 0 unspecified atom stereocenters. The first-order valence-corrected chi connectivity index (χ1v) is 6.50. The third kappa shape index (κ3) is 4.73. The van der Waals surface area contributed by atoms with Crippen molar-refractivity contribution < 1.29 is 19.1 Å². The van der Waals surface area contributed by atoms with Crippen LogP contribution < -0.4 is 9.47 Å². The molecule has 0 amide bonds. The molecule has 0 aliphatic heterocycles. The van der Waals surface area contributed by atoms with Gasteiger partial charge in [0, 0.05) is 18.4 Å². The highest BCUT2D eigenvalue weighted by Crippen LogP contribution is 2.29. The number of ether oxygens (including phenoxy) is 2. The highest BCUT2D eigenvalue weighted by atomic mass is 16.5. The summed E-state index contributed by atoms with van der Waals surface area (Å²) in [5.74, 6) is 1.16. The van der Waals surface area contributed by atoms with Gasteiger partial charge >= 0.3 is 0 Å². The second-order valence-corrected chi connectivity index (χ2v) is 4.15. The number of hydrogen-bond acceptors (Lipinski definition) is 4. The maximum absolute atomic E-state index is 11.9. The van der Waals surface area contributed by atoms with Crippen LogP contribution >= 0.6 is 0 Å². The number of benzene rings is 1. The standard InChI is InChI=1S/C15H20O4/c1-4-18-14-9-7-12(10-15(14)19-5-2)13(17)8-6-11(3)16/h7,9-10H,4-6,8H2,1-3H3. The topological polar surface area (TPSA) is 52.6 Å². The van der Waals surface area contributed by atoms with E-state index in [2.05, 4.69) is 0 Å². The third-order valence-electron chi connectivity index (χ3n) is 2.57. The summed E-state index contributed by atoms with van der Waals surface area (Å²) in [5, 5.41) is 0. The van der Waals surface area contributed by atoms with Gasteiger partial charge in [-0.05, 0) is 39.0 Å². The number of carbonyl (C=O) groups is 2. The van der Waals surface area contributed by atoms with E-state index in [0.29, 0.717) is 30.3 Å². The van der Waals surface area contributed by atoms with Crippen LogP contribution in [0.2, 0.25) is 0 Å². The molecule has 0 radical (unpaired) electrons. The van der Waals surface area contributed by atoms with Crippen LogP contribution in [0.15, 0.2) is 18.2 Å². The zero-order valence-corrected chi connectivity index (χ0v) is 11.7. The Balaban J connectivity index is 2.87. The SMILES string of the molecule is CCOc1ccc(C(=O)CCC(C)=O)cc1OCC. The Morgan fingerprint density at radius 3 is 2.21 bits per heavy atom. The molecule has 0 fully saturated rings. The lowest BCUT2D eigenvalue weighted by Crippen LogP contribution is -2.04. The third-order valence-corrected chi connectivity index (χ3v) is 2.57. The van der Waals surface area contributed by atoms with Crippen LogP contribution in [0.3, 0.4) is 0 Å². The van der Waals surface area contributed by atoms with E-state index in [9.17, 15) is 9.59 Å². The normalized spacial score (nSPS) is 10.1. The summed E-state index contributed by atoms with van der Waals surface area (Å²) in [6.45, 7) is 6.29. The second kappa shape index (κ2) is 7.56. The summed E-state index contributed by atoms with van der Waals surface area (Å²) in [6.07, 6.45) is 0.505. The summed E-state index contributed by atoms with van der Waals surface area (Å²) < 4.78 is 10.9. The monoisotopic (exact) mass is 264 g/mol. The van der Waals surface area contributed by atoms with Gasteiger partial charge in [0.05, 0.1) is 13.2 Å². The highest BCUT2D eigenvalue weighted by molar-refractivity contribution is 5.98. The fourth-order valence-electron chi connectivity index (χ4n) is 1.66. The Labute approximate surface area is 113 Å². The van der Waals surface area contributed by atoms with E-state index in [4.69, 9.17) is 9.47 Å². The van der Waals surface area contributed by atoms with Crippen LogP contribution in [0.25, 0.3) is 0 Å². The van der Waals surface area contributed by atoms with Crippen molar-refractivity contribution in [2.75, 3.05) is 13.2 Å². The van der Waals surface area contributed by atoms with Crippen molar-refractivity contribution in [1.29, 1.82) is 0 Å². The summed E-state index contributed by atoms with van der Waals surface area (Å²) in [6, 6.07) is 5.11. The van der Waals surface area contributed by atoms with Crippen molar-refractivity contribution in [3.8, 4) is 11.5 Å².